The monoisotopic (exact) mass is 468 g/mol. The second-order valence-corrected chi connectivity index (χ2v) is 9.30. The first-order valence-electron chi connectivity index (χ1n) is 12.2. The molecule has 9 nitrogen and oxygen atoms in total. The third kappa shape index (κ3) is 4.92. The maximum absolute atomic E-state index is 5.65. The van der Waals surface area contributed by atoms with Crippen molar-refractivity contribution in [1.82, 2.24) is 19.8 Å². The van der Waals surface area contributed by atoms with Crippen molar-refractivity contribution in [2.45, 2.75) is 19.5 Å². The molecule has 0 atom stereocenters. The van der Waals surface area contributed by atoms with Gasteiger partial charge in [-0.2, -0.15) is 4.98 Å². The zero-order chi connectivity index (χ0) is 23.5. The highest BCUT2D eigenvalue weighted by Crippen LogP contribution is 2.32. The van der Waals surface area contributed by atoms with Gasteiger partial charge >= 0.3 is 0 Å². The number of nitrogens with zero attached hydrogens (tertiary/aromatic N) is 6. The molecule has 3 aliphatic rings. The molecule has 0 unspecified atom stereocenters. The second kappa shape index (κ2) is 10.3. The number of benzene rings is 1. The van der Waals surface area contributed by atoms with Gasteiger partial charge in [0.05, 0.1) is 33.1 Å². The maximum atomic E-state index is 5.65. The lowest BCUT2D eigenvalue weighted by Crippen LogP contribution is -2.46. The van der Waals surface area contributed by atoms with Crippen LogP contribution in [-0.2, 0) is 24.2 Å². The van der Waals surface area contributed by atoms with Crippen LogP contribution in [0.3, 0.4) is 0 Å². The van der Waals surface area contributed by atoms with Crippen LogP contribution in [0.25, 0.3) is 0 Å². The maximum Gasteiger partial charge on any atom is 0.227 e. The van der Waals surface area contributed by atoms with Crippen LogP contribution >= 0.6 is 0 Å². The fraction of sp³-hybridized carbons (Fsp3) is 0.600. The van der Waals surface area contributed by atoms with Gasteiger partial charge < -0.3 is 28.9 Å². The number of rotatable bonds is 6. The van der Waals surface area contributed by atoms with Crippen molar-refractivity contribution >= 4 is 11.8 Å². The Labute approximate surface area is 202 Å². The number of aromatic nitrogens is 2. The number of anilines is 2. The number of hydrogen-bond acceptors (Lipinski definition) is 9. The molecule has 9 heteroatoms. The number of methoxy groups -OCH3 is 2. The zero-order valence-electron chi connectivity index (χ0n) is 20.6. The van der Waals surface area contributed by atoms with Crippen molar-refractivity contribution in [3.05, 3.63) is 35.0 Å². The van der Waals surface area contributed by atoms with Crippen LogP contribution < -0.4 is 19.3 Å². The predicted molar refractivity (Wildman–Crippen MR) is 132 cm³/mol. The van der Waals surface area contributed by atoms with Crippen molar-refractivity contribution in [3.63, 3.8) is 0 Å². The van der Waals surface area contributed by atoms with Gasteiger partial charge in [0.25, 0.3) is 0 Å². The van der Waals surface area contributed by atoms with E-state index in [2.05, 4.69) is 32.7 Å². The topological polar surface area (TPSA) is 66.4 Å². The largest absolute Gasteiger partial charge is 0.497 e. The van der Waals surface area contributed by atoms with Gasteiger partial charge in [0, 0.05) is 82.5 Å². The average molecular weight is 469 g/mol. The van der Waals surface area contributed by atoms with Gasteiger partial charge in [-0.05, 0) is 13.1 Å². The van der Waals surface area contributed by atoms with Gasteiger partial charge in [0.15, 0.2) is 0 Å². The van der Waals surface area contributed by atoms with E-state index in [0.717, 1.165) is 107 Å². The summed E-state index contributed by atoms with van der Waals surface area (Å²) in [5.74, 6) is 3.65. The Kier molecular flexibility index (Phi) is 7.03. The van der Waals surface area contributed by atoms with Crippen LogP contribution in [0.2, 0.25) is 0 Å². The lowest BCUT2D eigenvalue weighted by molar-refractivity contribution is 0.122. The molecular formula is C25H36N6O3. The highest BCUT2D eigenvalue weighted by molar-refractivity contribution is 5.55. The molecule has 184 valence electrons. The Morgan fingerprint density at radius 3 is 2.44 bits per heavy atom. The molecule has 0 radical (unpaired) electrons. The molecule has 5 rings (SSSR count). The number of hydrogen-bond donors (Lipinski definition) is 0. The first-order chi connectivity index (χ1) is 16.6. The summed E-state index contributed by atoms with van der Waals surface area (Å²) in [7, 11) is 5.57. The van der Waals surface area contributed by atoms with Gasteiger partial charge in [-0.15, -0.1) is 0 Å². The highest BCUT2D eigenvalue weighted by atomic mass is 16.5. The van der Waals surface area contributed by atoms with Gasteiger partial charge in [0.2, 0.25) is 5.95 Å². The van der Waals surface area contributed by atoms with Crippen LogP contribution in [0.15, 0.2) is 18.2 Å². The molecular weight excluding hydrogens is 432 g/mol. The summed E-state index contributed by atoms with van der Waals surface area (Å²) in [5, 5.41) is 0. The molecule has 4 heterocycles. The Morgan fingerprint density at radius 1 is 0.912 bits per heavy atom. The quantitative estimate of drug-likeness (QED) is 0.629. The van der Waals surface area contributed by atoms with Crippen molar-refractivity contribution in [2.75, 3.05) is 90.1 Å². The third-order valence-corrected chi connectivity index (χ3v) is 7.09. The number of morpholine rings is 1. The lowest BCUT2D eigenvalue weighted by atomic mass is 10.0. The minimum Gasteiger partial charge on any atom is -0.497 e. The number of fused-ring (bicyclic) bond motifs is 1. The molecule has 0 amide bonds. The Hall–Kier alpha value is -2.62. The molecule has 0 N–H and O–H groups in total. The number of piperazine rings is 1. The van der Waals surface area contributed by atoms with Gasteiger partial charge in [0.1, 0.15) is 17.3 Å². The number of ether oxygens (including phenoxy) is 3. The van der Waals surface area contributed by atoms with E-state index in [1.165, 1.54) is 11.3 Å². The molecule has 2 fully saturated rings. The van der Waals surface area contributed by atoms with E-state index in [1.807, 2.05) is 12.1 Å². The molecule has 34 heavy (non-hydrogen) atoms. The molecule has 0 saturated carbocycles. The summed E-state index contributed by atoms with van der Waals surface area (Å²) in [6.07, 6.45) is 0.925. The first-order valence-corrected chi connectivity index (χ1v) is 12.2. The fourth-order valence-corrected chi connectivity index (χ4v) is 4.98. The van der Waals surface area contributed by atoms with E-state index in [1.54, 1.807) is 14.2 Å². The SMILES string of the molecule is COc1ccc(CN2CCc3nc(N4CCN(C)CC4)nc(N4CCOCC4)c3C2)c(OC)c1. The zero-order valence-corrected chi connectivity index (χ0v) is 20.6. The van der Waals surface area contributed by atoms with Crippen LogP contribution in [0.4, 0.5) is 11.8 Å². The molecule has 0 aliphatic carbocycles. The van der Waals surface area contributed by atoms with Crippen LogP contribution in [-0.4, -0.2) is 100 Å². The lowest BCUT2D eigenvalue weighted by Gasteiger charge is -2.37. The number of likely N-dealkylation sites (N-methyl/N-ethyl adjacent to an activating group) is 1. The van der Waals surface area contributed by atoms with Gasteiger partial charge in [-0.1, -0.05) is 6.07 Å². The van der Waals surface area contributed by atoms with Crippen molar-refractivity contribution in [2.24, 2.45) is 0 Å². The van der Waals surface area contributed by atoms with Crippen LogP contribution in [0.1, 0.15) is 16.8 Å². The molecule has 1 aromatic heterocycles. The highest BCUT2D eigenvalue weighted by Gasteiger charge is 2.28. The smallest absolute Gasteiger partial charge is 0.227 e. The van der Waals surface area contributed by atoms with E-state index in [-0.39, 0.29) is 0 Å². The summed E-state index contributed by atoms with van der Waals surface area (Å²) < 4.78 is 16.6. The van der Waals surface area contributed by atoms with Crippen molar-refractivity contribution < 1.29 is 14.2 Å². The van der Waals surface area contributed by atoms with Crippen LogP contribution in [0, 0.1) is 0 Å². The molecule has 0 spiro atoms. The van der Waals surface area contributed by atoms with Crippen LogP contribution in [0.5, 0.6) is 11.5 Å². The fourth-order valence-electron chi connectivity index (χ4n) is 4.98. The second-order valence-electron chi connectivity index (χ2n) is 9.30. The summed E-state index contributed by atoms with van der Waals surface area (Å²) in [6, 6.07) is 6.06. The summed E-state index contributed by atoms with van der Waals surface area (Å²) in [6.45, 7) is 9.89. The molecule has 2 aromatic rings. The first kappa shape index (κ1) is 23.1. The van der Waals surface area contributed by atoms with E-state index >= 15 is 0 Å². The molecule has 1 aromatic carbocycles. The molecule has 0 bridgehead atoms. The summed E-state index contributed by atoms with van der Waals surface area (Å²) in [4.78, 5) is 19.8. The Morgan fingerprint density at radius 2 is 1.71 bits per heavy atom. The minimum absolute atomic E-state index is 0.745. The summed E-state index contributed by atoms with van der Waals surface area (Å²) >= 11 is 0. The van der Waals surface area contributed by atoms with Crippen molar-refractivity contribution in [1.29, 1.82) is 0 Å². The molecule has 3 aliphatic heterocycles. The standard InChI is InChI=1S/C25H36N6O3/c1-28-8-10-31(11-9-28)25-26-22-6-7-29(17-19-4-5-20(32-2)16-23(19)33-3)18-21(22)24(27-25)30-12-14-34-15-13-30/h4-5,16H,6-15,17-18H2,1-3H3. The van der Waals surface area contributed by atoms with E-state index in [9.17, 15) is 0 Å². The minimum atomic E-state index is 0.745. The normalized spacial score (nSPS) is 19.7. The average Bonchev–Trinajstić information content (AvgIpc) is 2.89. The summed E-state index contributed by atoms with van der Waals surface area (Å²) in [5.41, 5.74) is 3.62. The van der Waals surface area contributed by atoms with E-state index < -0.39 is 0 Å². The predicted octanol–water partition coefficient (Wildman–Crippen LogP) is 1.64. The Balaban J connectivity index is 1.41. The third-order valence-electron chi connectivity index (χ3n) is 7.09. The van der Waals surface area contributed by atoms with Crippen molar-refractivity contribution in [3.8, 4) is 11.5 Å². The Bertz CT molecular complexity index is 989. The van der Waals surface area contributed by atoms with E-state index in [4.69, 9.17) is 24.2 Å². The van der Waals surface area contributed by atoms with Gasteiger partial charge in [-0.3, -0.25) is 4.90 Å². The molecule has 2 saturated heterocycles. The van der Waals surface area contributed by atoms with E-state index in [0.29, 0.717) is 0 Å². The van der Waals surface area contributed by atoms with Gasteiger partial charge in [-0.25, -0.2) is 4.98 Å².